The van der Waals surface area contributed by atoms with Crippen LogP contribution in [0.3, 0.4) is 0 Å². The number of piperazine rings is 1. The normalized spacial score (nSPS) is 17.2. The largest absolute Gasteiger partial charge is 0.497 e. The minimum atomic E-state index is -1.15. The molecule has 3 aromatic rings. The van der Waals surface area contributed by atoms with Gasteiger partial charge in [0.1, 0.15) is 11.4 Å². The molecule has 1 saturated carbocycles. The van der Waals surface area contributed by atoms with E-state index in [1.54, 1.807) is 16.9 Å². The van der Waals surface area contributed by atoms with Gasteiger partial charge in [-0.1, -0.05) is 12.1 Å². The van der Waals surface area contributed by atoms with Crippen molar-refractivity contribution in [1.29, 1.82) is 0 Å². The number of rotatable bonds is 4. The number of amides is 2. The molecule has 1 aromatic heterocycles. The number of aryl methyl sites for hydroxylation is 1. The third kappa shape index (κ3) is 4.04. The number of benzene rings is 2. The van der Waals surface area contributed by atoms with Crippen LogP contribution in [-0.4, -0.2) is 70.6 Å². The number of ether oxygens (including phenoxy) is 1. The first kappa shape index (κ1) is 21.4. The summed E-state index contributed by atoms with van der Waals surface area (Å²) in [5.41, 5.74) is 3.27. The lowest BCUT2D eigenvalue weighted by molar-refractivity contribution is -0.143. The molecular formula is C26H27N3O4. The molecule has 1 saturated heterocycles. The van der Waals surface area contributed by atoms with E-state index in [9.17, 15) is 14.7 Å². The average molecular weight is 446 g/mol. The van der Waals surface area contributed by atoms with Gasteiger partial charge in [0.2, 0.25) is 0 Å². The van der Waals surface area contributed by atoms with Gasteiger partial charge >= 0.3 is 0 Å². The molecule has 5 rings (SSSR count). The van der Waals surface area contributed by atoms with E-state index in [1.807, 2.05) is 48.5 Å². The van der Waals surface area contributed by atoms with E-state index in [1.165, 1.54) is 0 Å². The maximum atomic E-state index is 13.0. The fourth-order valence-corrected chi connectivity index (χ4v) is 4.35. The van der Waals surface area contributed by atoms with Gasteiger partial charge < -0.3 is 19.6 Å². The minimum Gasteiger partial charge on any atom is -0.497 e. The highest BCUT2D eigenvalue weighted by molar-refractivity contribution is 5.95. The van der Waals surface area contributed by atoms with Crippen molar-refractivity contribution in [3.8, 4) is 17.0 Å². The minimum absolute atomic E-state index is 0.0477. The molecule has 7 heteroatoms. The van der Waals surface area contributed by atoms with Gasteiger partial charge in [-0.2, -0.15) is 0 Å². The van der Waals surface area contributed by atoms with Crippen LogP contribution in [-0.2, 0) is 4.79 Å². The number of pyridine rings is 1. The van der Waals surface area contributed by atoms with Crippen LogP contribution in [0.1, 0.15) is 28.8 Å². The number of methoxy groups -OCH3 is 1. The number of aromatic nitrogens is 1. The van der Waals surface area contributed by atoms with Crippen molar-refractivity contribution in [1.82, 2.24) is 14.8 Å². The molecule has 1 aliphatic carbocycles. The van der Waals surface area contributed by atoms with Crippen molar-refractivity contribution in [3.63, 3.8) is 0 Å². The Labute approximate surface area is 192 Å². The van der Waals surface area contributed by atoms with Crippen LogP contribution in [0.2, 0.25) is 0 Å². The summed E-state index contributed by atoms with van der Waals surface area (Å²) in [6, 6.07) is 15.4. The van der Waals surface area contributed by atoms with E-state index in [-0.39, 0.29) is 11.8 Å². The Balaban J connectivity index is 1.29. The third-order valence-corrected chi connectivity index (χ3v) is 6.63. The smallest absolute Gasteiger partial charge is 0.254 e. The van der Waals surface area contributed by atoms with E-state index in [4.69, 9.17) is 9.72 Å². The Morgan fingerprint density at radius 2 is 1.64 bits per heavy atom. The van der Waals surface area contributed by atoms with Gasteiger partial charge in [-0.05, 0) is 61.7 Å². The number of fused-ring (bicyclic) bond motifs is 1. The Bertz CT molecular complexity index is 1230. The highest BCUT2D eigenvalue weighted by atomic mass is 16.5. The van der Waals surface area contributed by atoms with Gasteiger partial charge in [0.05, 0.1) is 18.3 Å². The lowest BCUT2D eigenvalue weighted by Gasteiger charge is -2.35. The fourth-order valence-electron chi connectivity index (χ4n) is 4.35. The van der Waals surface area contributed by atoms with Crippen LogP contribution in [0.5, 0.6) is 5.75 Å². The van der Waals surface area contributed by atoms with Gasteiger partial charge in [-0.25, -0.2) is 4.98 Å². The second-order valence-corrected chi connectivity index (χ2v) is 8.90. The van der Waals surface area contributed by atoms with Crippen molar-refractivity contribution in [2.75, 3.05) is 33.3 Å². The molecule has 0 unspecified atom stereocenters. The van der Waals surface area contributed by atoms with Crippen LogP contribution in [0.15, 0.2) is 48.5 Å². The summed E-state index contributed by atoms with van der Waals surface area (Å²) in [6.07, 6.45) is 1.08. The topological polar surface area (TPSA) is 83.0 Å². The molecule has 1 N–H and O–H groups in total. The first-order valence-corrected chi connectivity index (χ1v) is 11.2. The monoisotopic (exact) mass is 445 g/mol. The van der Waals surface area contributed by atoms with Crippen molar-refractivity contribution in [3.05, 3.63) is 59.7 Å². The summed E-state index contributed by atoms with van der Waals surface area (Å²) in [5.74, 6) is 0.556. The quantitative estimate of drug-likeness (QED) is 0.668. The molecule has 0 spiro atoms. The maximum absolute atomic E-state index is 13.0. The molecule has 2 aromatic carbocycles. The molecule has 0 atom stereocenters. The number of hydrogen-bond donors (Lipinski definition) is 1. The highest BCUT2D eigenvalue weighted by Gasteiger charge is 2.50. The van der Waals surface area contributed by atoms with E-state index in [2.05, 4.69) is 6.92 Å². The molecule has 1 aliphatic heterocycles. The van der Waals surface area contributed by atoms with Crippen LogP contribution >= 0.6 is 0 Å². The molecule has 0 bridgehead atoms. The van der Waals surface area contributed by atoms with Gasteiger partial charge in [0, 0.05) is 42.7 Å². The second kappa shape index (κ2) is 8.15. The maximum Gasteiger partial charge on any atom is 0.254 e. The standard InChI is InChI=1S/C26H27N3O4/c1-17-15-23(27-22-8-7-20(33-2)16-21(17)22)18-3-5-19(6-4-18)24(30)28-11-13-29(14-12-28)25(31)26(32)9-10-26/h3-8,15-16,32H,9-14H2,1-2H3. The molecule has 2 fully saturated rings. The van der Waals surface area contributed by atoms with Crippen LogP contribution in [0, 0.1) is 6.92 Å². The van der Waals surface area contributed by atoms with Gasteiger partial charge in [0.15, 0.2) is 0 Å². The van der Waals surface area contributed by atoms with E-state index < -0.39 is 5.60 Å². The van der Waals surface area contributed by atoms with Crippen LogP contribution in [0.25, 0.3) is 22.2 Å². The number of aliphatic hydroxyl groups is 1. The summed E-state index contributed by atoms with van der Waals surface area (Å²) >= 11 is 0. The zero-order valence-corrected chi connectivity index (χ0v) is 18.9. The Morgan fingerprint density at radius 3 is 2.27 bits per heavy atom. The number of carbonyl (C=O) groups is 2. The van der Waals surface area contributed by atoms with Gasteiger partial charge in [-0.3, -0.25) is 9.59 Å². The Morgan fingerprint density at radius 1 is 0.970 bits per heavy atom. The summed E-state index contributed by atoms with van der Waals surface area (Å²) in [5, 5.41) is 11.1. The van der Waals surface area contributed by atoms with E-state index >= 15 is 0 Å². The molecule has 170 valence electrons. The fraction of sp³-hybridized carbons (Fsp3) is 0.346. The predicted molar refractivity (Wildman–Crippen MR) is 125 cm³/mol. The van der Waals surface area contributed by atoms with E-state index in [0.717, 1.165) is 33.5 Å². The molecule has 2 amide bonds. The van der Waals surface area contributed by atoms with Gasteiger partial charge in [0.25, 0.3) is 11.8 Å². The van der Waals surface area contributed by atoms with Crippen molar-refractivity contribution >= 4 is 22.7 Å². The number of nitrogens with zero attached hydrogens (tertiary/aromatic N) is 3. The van der Waals surface area contributed by atoms with Crippen molar-refractivity contribution in [2.24, 2.45) is 0 Å². The van der Waals surface area contributed by atoms with E-state index in [0.29, 0.717) is 44.6 Å². The second-order valence-electron chi connectivity index (χ2n) is 8.90. The first-order valence-electron chi connectivity index (χ1n) is 11.2. The van der Waals surface area contributed by atoms with Gasteiger partial charge in [-0.15, -0.1) is 0 Å². The molecule has 0 radical (unpaired) electrons. The highest BCUT2D eigenvalue weighted by Crippen LogP contribution is 2.37. The third-order valence-electron chi connectivity index (χ3n) is 6.63. The van der Waals surface area contributed by atoms with Crippen molar-refractivity contribution in [2.45, 2.75) is 25.4 Å². The average Bonchev–Trinajstić information content (AvgIpc) is 3.61. The zero-order chi connectivity index (χ0) is 23.2. The first-order chi connectivity index (χ1) is 15.9. The molecule has 33 heavy (non-hydrogen) atoms. The van der Waals surface area contributed by atoms with Crippen LogP contribution in [0.4, 0.5) is 0 Å². The summed E-state index contributed by atoms with van der Waals surface area (Å²) in [6.45, 7) is 3.90. The van der Waals surface area contributed by atoms with Crippen molar-refractivity contribution < 1.29 is 19.4 Å². The molecular weight excluding hydrogens is 418 g/mol. The SMILES string of the molecule is COc1ccc2nc(-c3ccc(C(=O)N4CCN(C(=O)C5(O)CC5)CC4)cc3)cc(C)c2c1. The summed E-state index contributed by atoms with van der Waals surface area (Å²) < 4.78 is 5.32. The Kier molecular flexibility index (Phi) is 5.29. The molecule has 2 heterocycles. The lowest BCUT2D eigenvalue weighted by Crippen LogP contribution is -2.53. The lowest BCUT2D eigenvalue weighted by atomic mass is 10.0. The summed E-state index contributed by atoms with van der Waals surface area (Å²) in [7, 11) is 1.65. The number of carbonyl (C=O) groups excluding carboxylic acids is 2. The summed E-state index contributed by atoms with van der Waals surface area (Å²) in [4.78, 5) is 33.5. The Hall–Kier alpha value is -3.45. The van der Waals surface area contributed by atoms with Crippen LogP contribution < -0.4 is 4.74 Å². The predicted octanol–water partition coefficient (Wildman–Crippen LogP) is 3.03. The number of hydrogen-bond acceptors (Lipinski definition) is 5. The molecule has 2 aliphatic rings. The zero-order valence-electron chi connectivity index (χ0n) is 18.9. The molecule has 7 nitrogen and oxygen atoms in total.